The molecule has 35 heavy (non-hydrogen) atoms. The summed E-state index contributed by atoms with van der Waals surface area (Å²) in [6.45, 7) is 2.37. The molecule has 1 unspecified atom stereocenters. The van der Waals surface area contributed by atoms with Crippen LogP contribution in [0.15, 0.2) is 76.3 Å². The Morgan fingerprint density at radius 1 is 1.06 bits per heavy atom. The molecule has 0 spiro atoms. The molecule has 2 aromatic carbocycles. The molecule has 8 nitrogen and oxygen atoms in total. The van der Waals surface area contributed by atoms with Gasteiger partial charge in [-0.15, -0.1) is 11.3 Å². The minimum Gasteiger partial charge on any atom is -0.493 e. The Labute approximate surface area is 206 Å². The number of hydrogen-bond donors (Lipinski definition) is 1. The lowest BCUT2D eigenvalue weighted by Gasteiger charge is -2.35. The number of urea groups is 1. The fraction of sp³-hybridized carbons (Fsp3) is 0.192. The smallest absolute Gasteiger partial charge is 0.322 e. The molecule has 0 radical (unpaired) electrons. The van der Waals surface area contributed by atoms with E-state index in [0.717, 1.165) is 27.3 Å². The maximum Gasteiger partial charge on any atom is 0.322 e. The summed E-state index contributed by atoms with van der Waals surface area (Å²) in [5.41, 5.74) is 3.17. The zero-order chi connectivity index (χ0) is 24.4. The predicted molar refractivity (Wildman–Crippen MR) is 133 cm³/mol. The van der Waals surface area contributed by atoms with Gasteiger partial charge in [-0.2, -0.15) is 4.98 Å². The molecule has 178 valence electrons. The van der Waals surface area contributed by atoms with Crippen LogP contribution < -0.4 is 14.8 Å². The summed E-state index contributed by atoms with van der Waals surface area (Å²) < 4.78 is 16.5. The molecule has 0 saturated carbocycles. The Morgan fingerprint density at radius 3 is 2.57 bits per heavy atom. The van der Waals surface area contributed by atoms with Crippen molar-refractivity contribution >= 4 is 22.9 Å². The first kappa shape index (κ1) is 22.7. The van der Waals surface area contributed by atoms with E-state index in [1.54, 1.807) is 42.6 Å². The van der Waals surface area contributed by atoms with Crippen molar-refractivity contribution in [1.29, 1.82) is 0 Å². The molecule has 2 aromatic heterocycles. The SMILES string of the molecule is COc1ccc(-c2noc(C3=C(C)N(Cc4cccs4)C(=O)NC3c3ccccc3)n2)cc1OC. The van der Waals surface area contributed by atoms with E-state index >= 15 is 0 Å². The van der Waals surface area contributed by atoms with E-state index in [0.29, 0.717) is 29.8 Å². The van der Waals surface area contributed by atoms with Gasteiger partial charge in [0.15, 0.2) is 11.5 Å². The molecule has 9 heteroatoms. The minimum atomic E-state index is -0.429. The molecular formula is C26H24N4O4S. The third-order valence-electron chi connectivity index (χ3n) is 5.92. The topological polar surface area (TPSA) is 89.7 Å². The highest BCUT2D eigenvalue weighted by atomic mass is 32.1. The zero-order valence-corrected chi connectivity index (χ0v) is 20.3. The third-order valence-corrected chi connectivity index (χ3v) is 6.78. The highest BCUT2D eigenvalue weighted by Gasteiger charge is 2.35. The number of rotatable bonds is 7. The lowest BCUT2D eigenvalue weighted by Crippen LogP contribution is -2.45. The number of carbonyl (C=O) groups excluding carboxylic acids is 1. The van der Waals surface area contributed by atoms with Crippen molar-refractivity contribution in [3.8, 4) is 22.9 Å². The van der Waals surface area contributed by atoms with E-state index in [-0.39, 0.29) is 6.03 Å². The average molecular weight is 489 g/mol. The van der Waals surface area contributed by atoms with Crippen LogP contribution in [0.4, 0.5) is 4.79 Å². The first-order valence-corrected chi connectivity index (χ1v) is 11.9. The molecule has 2 amide bonds. The summed E-state index contributed by atoms with van der Waals surface area (Å²) in [5.74, 6) is 1.94. The van der Waals surface area contributed by atoms with E-state index in [1.165, 1.54) is 0 Å². The van der Waals surface area contributed by atoms with Crippen molar-refractivity contribution in [3.63, 3.8) is 0 Å². The summed E-state index contributed by atoms with van der Waals surface area (Å²) in [6.07, 6.45) is 0. The Morgan fingerprint density at radius 2 is 1.86 bits per heavy atom. The molecule has 0 saturated heterocycles. The first-order chi connectivity index (χ1) is 17.1. The number of nitrogens with zero attached hydrogens (tertiary/aromatic N) is 3. The van der Waals surface area contributed by atoms with E-state index < -0.39 is 6.04 Å². The number of ether oxygens (including phenoxy) is 2. The van der Waals surface area contributed by atoms with Crippen molar-refractivity contribution in [3.05, 3.63) is 88.1 Å². The van der Waals surface area contributed by atoms with Crippen molar-refractivity contribution in [2.24, 2.45) is 0 Å². The molecule has 1 N–H and O–H groups in total. The van der Waals surface area contributed by atoms with Crippen LogP contribution in [0.1, 0.15) is 29.3 Å². The fourth-order valence-corrected chi connectivity index (χ4v) is 4.82. The Hall–Kier alpha value is -4.11. The van der Waals surface area contributed by atoms with Crippen LogP contribution in [0.2, 0.25) is 0 Å². The monoisotopic (exact) mass is 488 g/mol. The number of methoxy groups -OCH3 is 2. The number of amides is 2. The molecule has 1 aliphatic rings. The molecule has 0 aliphatic carbocycles. The van der Waals surface area contributed by atoms with Gasteiger partial charge in [-0.25, -0.2) is 4.79 Å². The van der Waals surface area contributed by atoms with Gasteiger partial charge in [0.2, 0.25) is 5.82 Å². The van der Waals surface area contributed by atoms with Crippen LogP contribution in [0.5, 0.6) is 11.5 Å². The first-order valence-electron chi connectivity index (χ1n) is 11.0. The van der Waals surface area contributed by atoms with Crippen LogP contribution in [0, 0.1) is 0 Å². The number of thiophene rings is 1. The molecular weight excluding hydrogens is 464 g/mol. The maximum absolute atomic E-state index is 13.1. The second-order valence-electron chi connectivity index (χ2n) is 7.95. The largest absolute Gasteiger partial charge is 0.493 e. The Balaban J connectivity index is 1.58. The quantitative estimate of drug-likeness (QED) is 0.369. The Kier molecular flexibility index (Phi) is 6.24. The van der Waals surface area contributed by atoms with Crippen LogP contribution in [0.25, 0.3) is 17.0 Å². The molecule has 3 heterocycles. The van der Waals surface area contributed by atoms with Crippen molar-refractivity contribution in [2.75, 3.05) is 14.2 Å². The van der Waals surface area contributed by atoms with E-state index in [4.69, 9.17) is 19.0 Å². The van der Waals surface area contributed by atoms with Crippen molar-refractivity contribution < 1.29 is 18.8 Å². The van der Waals surface area contributed by atoms with Gasteiger partial charge < -0.3 is 19.3 Å². The normalized spacial score (nSPS) is 15.8. The molecule has 4 aromatic rings. The lowest BCUT2D eigenvalue weighted by molar-refractivity contribution is 0.203. The second kappa shape index (κ2) is 9.63. The van der Waals surface area contributed by atoms with Crippen LogP contribution in [-0.4, -0.2) is 35.3 Å². The third kappa shape index (κ3) is 4.38. The van der Waals surface area contributed by atoms with Crippen LogP contribution in [0.3, 0.4) is 0 Å². The fourth-order valence-electron chi connectivity index (χ4n) is 4.13. The number of allylic oxidation sites excluding steroid dienone is 1. The second-order valence-corrected chi connectivity index (χ2v) is 8.98. The van der Waals surface area contributed by atoms with E-state index in [1.807, 2.05) is 60.8 Å². The van der Waals surface area contributed by atoms with E-state index in [2.05, 4.69) is 10.5 Å². The average Bonchev–Trinajstić information content (AvgIpc) is 3.59. The minimum absolute atomic E-state index is 0.173. The molecule has 5 rings (SSSR count). The van der Waals surface area contributed by atoms with Gasteiger partial charge in [0.1, 0.15) is 0 Å². The highest BCUT2D eigenvalue weighted by molar-refractivity contribution is 7.09. The van der Waals surface area contributed by atoms with Crippen LogP contribution in [-0.2, 0) is 6.54 Å². The van der Waals surface area contributed by atoms with Gasteiger partial charge >= 0.3 is 6.03 Å². The predicted octanol–water partition coefficient (Wildman–Crippen LogP) is 5.51. The summed E-state index contributed by atoms with van der Waals surface area (Å²) in [5, 5.41) is 9.35. The van der Waals surface area contributed by atoms with Gasteiger partial charge in [-0.05, 0) is 42.1 Å². The van der Waals surface area contributed by atoms with Gasteiger partial charge in [0.25, 0.3) is 5.89 Å². The number of benzene rings is 2. The molecule has 1 aliphatic heterocycles. The highest BCUT2D eigenvalue weighted by Crippen LogP contribution is 2.38. The van der Waals surface area contributed by atoms with Gasteiger partial charge in [0.05, 0.1) is 32.4 Å². The molecule has 0 bridgehead atoms. The lowest BCUT2D eigenvalue weighted by atomic mass is 9.94. The van der Waals surface area contributed by atoms with Crippen molar-refractivity contribution in [1.82, 2.24) is 20.4 Å². The Bertz CT molecular complexity index is 1370. The summed E-state index contributed by atoms with van der Waals surface area (Å²) in [6, 6.07) is 18.6. The summed E-state index contributed by atoms with van der Waals surface area (Å²) >= 11 is 1.60. The zero-order valence-electron chi connectivity index (χ0n) is 19.5. The van der Waals surface area contributed by atoms with Crippen LogP contribution >= 0.6 is 11.3 Å². The van der Waals surface area contributed by atoms with Gasteiger partial charge in [-0.3, -0.25) is 4.90 Å². The van der Waals surface area contributed by atoms with E-state index in [9.17, 15) is 4.79 Å². The number of hydrogen-bond acceptors (Lipinski definition) is 7. The molecule has 1 atom stereocenters. The van der Waals surface area contributed by atoms with Crippen molar-refractivity contribution in [2.45, 2.75) is 19.5 Å². The maximum atomic E-state index is 13.1. The number of carbonyl (C=O) groups is 1. The standard InChI is InChI=1S/C26H24N4O4S/c1-16-22(25-28-24(29-34-25)18-11-12-20(32-2)21(14-18)33-3)23(17-8-5-4-6-9-17)27-26(31)30(16)15-19-10-7-13-35-19/h4-14,23H,15H2,1-3H3,(H,27,31). The molecule has 0 fully saturated rings. The van der Waals surface area contributed by atoms with Gasteiger partial charge in [0, 0.05) is 16.1 Å². The number of nitrogens with one attached hydrogen (secondary N) is 1. The van der Waals surface area contributed by atoms with Gasteiger partial charge in [-0.1, -0.05) is 41.6 Å². The summed E-state index contributed by atoms with van der Waals surface area (Å²) in [7, 11) is 3.16. The summed E-state index contributed by atoms with van der Waals surface area (Å²) in [4.78, 5) is 20.6. The number of aromatic nitrogens is 2.